The summed E-state index contributed by atoms with van der Waals surface area (Å²) in [5.41, 5.74) is 6.55. The molecule has 12 heavy (non-hydrogen) atoms. The largest absolute Gasteiger partial charge is 0.481 e. The summed E-state index contributed by atoms with van der Waals surface area (Å²) in [7, 11) is 0. The summed E-state index contributed by atoms with van der Waals surface area (Å²) in [6.07, 6.45) is -0.00380. The quantitative estimate of drug-likeness (QED) is 0.750. The first kappa shape index (κ1) is 9.22. The molecule has 0 saturated carbocycles. The molecule has 66 valence electrons. The van der Waals surface area contributed by atoms with E-state index in [1.165, 1.54) is 0 Å². The molecule has 0 bridgehead atoms. The number of nitrogens with two attached hydrogens (primary N) is 1. The van der Waals surface area contributed by atoms with Gasteiger partial charge in [-0.3, -0.25) is 4.79 Å². The highest BCUT2D eigenvalue weighted by atomic mass is 32.1. The number of aryl methyl sites for hydroxylation is 1. The minimum Gasteiger partial charge on any atom is -0.481 e. The van der Waals surface area contributed by atoms with Crippen LogP contribution in [-0.4, -0.2) is 11.1 Å². The number of hydrogen-bond acceptors (Lipinski definition) is 3. The number of carbonyl (C=O) groups is 1. The maximum atomic E-state index is 10.3. The Bertz CT molecular complexity index is 282. The molecule has 1 unspecified atom stereocenters. The molecule has 1 heterocycles. The summed E-state index contributed by atoms with van der Waals surface area (Å²) in [6.45, 7) is 1.97. The SMILES string of the molecule is Cc1cc(C(N)CC(=O)O)cs1. The van der Waals surface area contributed by atoms with E-state index in [0.717, 1.165) is 10.4 Å². The first-order valence-electron chi connectivity index (χ1n) is 3.62. The number of rotatable bonds is 3. The fourth-order valence-corrected chi connectivity index (χ4v) is 1.73. The molecule has 1 aromatic heterocycles. The Hall–Kier alpha value is -0.870. The summed E-state index contributed by atoms with van der Waals surface area (Å²) < 4.78 is 0. The predicted octanol–water partition coefficient (Wildman–Crippen LogP) is 1.53. The van der Waals surface area contributed by atoms with Gasteiger partial charge in [-0.2, -0.15) is 0 Å². The molecule has 0 saturated heterocycles. The molecule has 3 N–H and O–H groups in total. The van der Waals surface area contributed by atoms with Crippen molar-refractivity contribution in [3.8, 4) is 0 Å². The Kier molecular flexibility index (Phi) is 2.83. The number of thiophene rings is 1. The Labute approximate surface area is 74.8 Å². The topological polar surface area (TPSA) is 63.3 Å². The minimum atomic E-state index is -0.855. The van der Waals surface area contributed by atoms with Gasteiger partial charge in [0.25, 0.3) is 0 Å². The van der Waals surface area contributed by atoms with E-state index in [4.69, 9.17) is 10.8 Å². The molecule has 0 aliphatic rings. The van der Waals surface area contributed by atoms with Crippen molar-refractivity contribution in [2.75, 3.05) is 0 Å². The van der Waals surface area contributed by atoms with Gasteiger partial charge in [0.2, 0.25) is 0 Å². The molecule has 0 radical (unpaired) electrons. The van der Waals surface area contributed by atoms with Crippen LogP contribution in [-0.2, 0) is 4.79 Å². The van der Waals surface area contributed by atoms with Crippen molar-refractivity contribution in [1.29, 1.82) is 0 Å². The van der Waals surface area contributed by atoms with E-state index in [2.05, 4.69) is 0 Å². The van der Waals surface area contributed by atoms with Crippen molar-refractivity contribution in [2.45, 2.75) is 19.4 Å². The fraction of sp³-hybridized carbons (Fsp3) is 0.375. The molecule has 0 aromatic carbocycles. The van der Waals surface area contributed by atoms with Gasteiger partial charge in [-0.15, -0.1) is 11.3 Å². The molecule has 4 heteroatoms. The van der Waals surface area contributed by atoms with E-state index in [-0.39, 0.29) is 12.5 Å². The van der Waals surface area contributed by atoms with Crippen LogP contribution in [0.2, 0.25) is 0 Å². The molecule has 0 spiro atoms. The average molecular weight is 185 g/mol. The van der Waals surface area contributed by atoms with Gasteiger partial charge in [0, 0.05) is 10.9 Å². The van der Waals surface area contributed by atoms with Gasteiger partial charge in [-0.1, -0.05) is 0 Å². The summed E-state index contributed by atoms with van der Waals surface area (Å²) in [4.78, 5) is 11.5. The number of carboxylic acid groups (broad SMARTS) is 1. The second kappa shape index (κ2) is 3.69. The molecule has 0 aliphatic carbocycles. The van der Waals surface area contributed by atoms with Gasteiger partial charge in [0.15, 0.2) is 0 Å². The second-order valence-electron chi connectivity index (χ2n) is 2.70. The molecule has 1 rings (SSSR count). The molecular formula is C8H11NO2S. The van der Waals surface area contributed by atoms with Crippen LogP contribution in [0.4, 0.5) is 0 Å². The zero-order valence-electron chi connectivity index (χ0n) is 6.78. The highest BCUT2D eigenvalue weighted by Gasteiger charge is 2.11. The zero-order valence-corrected chi connectivity index (χ0v) is 7.60. The predicted molar refractivity (Wildman–Crippen MR) is 48.2 cm³/mol. The maximum Gasteiger partial charge on any atom is 0.305 e. The second-order valence-corrected chi connectivity index (χ2v) is 3.81. The van der Waals surface area contributed by atoms with E-state index in [9.17, 15) is 4.79 Å². The molecule has 1 atom stereocenters. The number of aliphatic carboxylic acids is 1. The lowest BCUT2D eigenvalue weighted by Gasteiger charge is -2.04. The lowest BCUT2D eigenvalue weighted by atomic mass is 10.1. The van der Waals surface area contributed by atoms with Gasteiger partial charge < -0.3 is 10.8 Å². The van der Waals surface area contributed by atoms with Gasteiger partial charge in [-0.25, -0.2) is 0 Å². The highest BCUT2D eigenvalue weighted by Crippen LogP contribution is 2.20. The first-order valence-corrected chi connectivity index (χ1v) is 4.50. The molecule has 3 nitrogen and oxygen atoms in total. The Morgan fingerprint density at radius 3 is 2.92 bits per heavy atom. The van der Waals surface area contributed by atoms with Crippen LogP contribution in [0.3, 0.4) is 0 Å². The van der Waals surface area contributed by atoms with Gasteiger partial charge in [-0.05, 0) is 23.9 Å². The highest BCUT2D eigenvalue weighted by molar-refractivity contribution is 7.10. The van der Waals surface area contributed by atoms with Crippen molar-refractivity contribution in [2.24, 2.45) is 5.73 Å². The molecule has 1 aromatic rings. The third-order valence-electron chi connectivity index (χ3n) is 1.57. The Morgan fingerprint density at radius 1 is 1.83 bits per heavy atom. The van der Waals surface area contributed by atoms with Crippen LogP contribution in [0.1, 0.15) is 22.9 Å². The molecular weight excluding hydrogens is 174 g/mol. The molecule has 0 amide bonds. The van der Waals surface area contributed by atoms with E-state index < -0.39 is 5.97 Å². The van der Waals surface area contributed by atoms with E-state index >= 15 is 0 Å². The number of carboxylic acids is 1. The third kappa shape index (κ3) is 2.32. The van der Waals surface area contributed by atoms with Gasteiger partial charge in [0.1, 0.15) is 0 Å². The van der Waals surface area contributed by atoms with Gasteiger partial charge >= 0.3 is 5.97 Å². The van der Waals surface area contributed by atoms with E-state index in [1.54, 1.807) is 11.3 Å². The average Bonchev–Trinajstić information content (AvgIpc) is 2.34. The van der Waals surface area contributed by atoms with Crippen LogP contribution >= 0.6 is 11.3 Å². The Morgan fingerprint density at radius 2 is 2.50 bits per heavy atom. The van der Waals surface area contributed by atoms with Crippen LogP contribution in [0.15, 0.2) is 11.4 Å². The summed E-state index contributed by atoms with van der Waals surface area (Å²) in [5.74, 6) is -0.855. The van der Waals surface area contributed by atoms with Gasteiger partial charge in [0.05, 0.1) is 6.42 Å². The molecule has 0 fully saturated rings. The lowest BCUT2D eigenvalue weighted by Crippen LogP contribution is -2.14. The third-order valence-corrected chi connectivity index (χ3v) is 2.45. The monoisotopic (exact) mass is 185 g/mol. The Balaban J connectivity index is 2.64. The van der Waals surface area contributed by atoms with E-state index in [0.29, 0.717) is 0 Å². The molecule has 0 aliphatic heterocycles. The minimum absolute atomic E-state index is 0.00380. The van der Waals surface area contributed by atoms with Crippen LogP contribution in [0.5, 0.6) is 0 Å². The van der Waals surface area contributed by atoms with Crippen molar-refractivity contribution < 1.29 is 9.90 Å². The summed E-state index contributed by atoms with van der Waals surface area (Å²) in [5, 5.41) is 10.4. The smallest absolute Gasteiger partial charge is 0.305 e. The normalized spacial score (nSPS) is 12.8. The number of hydrogen-bond donors (Lipinski definition) is 2. The van der Waals surface area contributed by atoms with Crippen molar-refractivity contribution in [3.05, 3.63) is 21.9 Å². The first-order chi connectivity index (χ1) is 5.59. The van der Waals surface area contributed by atoms with Crippen molar-refractivity contribution >= 4 is 17.3 Å². The summed E-state index contributed by atoms with van der Waals surface area (Å²) in [6, 6.07) is 1.56. The van der Waals surface area contributed by atoms with Crippen LogP contribution < -0.4 is 5.73 Å². The lowest BCUT2D eigenvalue weighted by molar-refractivity contribution is -0.137. The standard InChI is InChI=1S/C8H11NO2S/c1-5-2-6(4-12-5)7(9)3-8(10)11/h2,4,7H,3,9H2,1H3,(H,10,11). The zero-order chi connectivity index (χ0) is 9.14. The van der Waals surface area contributed by atoms with Crippen LogP contribution in [0, 0.1) is 6.92 Å². The fourth-order valence-electron chi connectivity index (χ4n) is 0.964. The van der Waals surface area contributed by atoms with Crippen LogP contribution in [0.25, 0.3) is 0 Å². The summed E-state index contributed by atoms with van der Waals surface area (Å²) >= 11 is 1.59. The van der Waals surface area contributed by atoms with E-state index in [1.807, 2.05) is 18.4 Å². The van der Waals surface area contributed by atoms with Crippen molar-refractivity contribution in [1.82, 2.24) is 0 Å². The van der Waals surface area contributed by atoms with Crippen molar-refractivity contribution in [3.63, 3.8) is 0 Å². The maximum absolute atomic E-state index is 10.3.